The fraction of sp³-hybridized carbons (Fsp3) is 0.600. The van der Waals surface area contributed by atoms with Crippen LogP contribution in [0.2, 0.25) is 0 Å². The molecule has 3 rings (SSSR count). The van der Waals surface area contributed by atoms with E-state index in [0.29, 0.717) is 0 Å². The molecule has 7 atom stereocenters. The van der Waals surface area contributed by atoms with Crippen LogP contribution in [0.25, 0.3) is 0 Å². The van der Waals surface area contributed by atoms with Gasteiger partial charge < -0.3 is 50.7 Å². The maximum Gasteiger partial charge on any atom is 0.490 e. The summed E-state index contributed by atoms with van der Waals surface area (Å²) >= 11 is 0. The zero-order chi connectivity index (χ0) is 24.1. The molecule has 182 valence electrons. The lowest BCUT2D eigenvalue weighted by Gasteiger charge is -2.29. The van der Waals surface area contributed by atoms with Crippen molar-refractivity contribution in [3.63, 3.8) is 0 Å². The number of hydrogen-bond donors (Lipinski definition) is 9. The van der Waals surface area contributed by atoms with E-state index in [1.807, 2.05) is 0 Å². The highest BCUT2D eigenvalue weighted by Crippen LogP contribution is 2.66. The lowest BCUT2D eigenvalue weighted by atomic mass is 10.1. The molecule has 0 aliphatic carbocycles. The van der Waals surface area contributed by atoms with Crippen molar-refractivity contribution in [1.29, 1.82) is 0 Å². The van der Waals surface area contributed by atoms with Gasteiger partial charge in [-0.3, -0.25) is 9.42 Å². The van der Waals surface area contributed by atoms with Crippen LogP contribution in [-0.4, -0.2) is 82.4 Å². The molecule has 1 fully saturated rings. The number of rotatable bonds is 8. The zero-order valence-corrected chi connectivity index (χ0v) is 18.1. The average Bonchev–Trinajstić information content (AvgIpc) is 3.08. The van der Waals surface area contributed by atoms with Crippen molar-refractivity contribution in [3.05, 3.63) is 6.33 Å². The van der Waals surface area contributed by atoms with Crippen molar-refractivity contribution in [2.45, 2.75) is 30.9 Å². The number of nitrogens with one attached hydrogen (secondary N) is 1. The van der Waals surface area contributed by atoms with Crippen LogP contribution in [-0.2, 0) is 31.6 Å². The first kappa shape index (κ1) is 25.4. The number of phosphoric ester groups is 1. The molecule has 19 nitrogen and oxygen atoms in total. The van der Waals surface area contributed by atoms with Crippen LogP contribution in [0.5, 0.6) is 0 Å². The summed E-state index contributed by atoms with van der Waals surface area (Å²) in [4.78, 5) is 44.2. The third-order valence-electron chi connectivity index (χ3n) is 4.07. The van der Waals surface area contributed by atoms with Gasteiger partial charge in [-0.25, -0.2) is 23.7 Å². The quantitative estimate of drug-likeness (QED) is 0.157. The Morgan fingerprint density at radius 1 is 1.06 bits per heavy atom. The lowest BCUT2D eigenvalue weighted by molar-refractivity contribution is -0.0314. The molecule has 1 aromatic heterocycles. The van der Waals surface area contributed by atoms with Crippen LogP contribution in [0.1, 0.15) is 0 Å². The number of nitrogens with two attached hydrogens (primary N) is 1. The van der Waals surface area contributed by atoms with E-state index in [0.717, 1.165) is 11.2 Å². The summed E-state index contributed by atoms with van der Waals surface area (Å²) in [7, 11) is -16.8. The molecule has 2 unspecified atom stereocenters. The van der Waals surface area contributed by atoms with Gasteiger partial charge in [-0.2, -0.15) is 8.62 Å². The molecule has 22 heteroatoms. The minimum atomic E-state index is -5.73. The van der Waals surface area contributed by atoms with Crippen molar-refractivity contribution in [1.82, 2.24) is 9.97 Å². The van der Waals surface area contributed by atoms with E-state index >= 15 is 0 Å². The molecule has 2 aliphatic rings. The van der Waals surface area contributed by atoms with E-state index < -0.39 is 61.0 Å². The van der Waals surface area contributed by atoms with Gasteiger partial charge >= 0.3 is 23.5 Å². The summed E-state index contributed by atoms with van der Waals surface area (Å²) in [5.41, 5.74) is 5.78. The van der Waals surface area contributed by atoms with Gasteiger partial charge in [-0.1, -0.05) is 0 Å². The second kappa shape index (κ2) is 8.83. The molecule has 0 amide bonds. The van der Waals surface area contributed by atoms with E-state index in [-0.39, 0.29) is 17.3 Å². The molecule has 0 bridgehead atoms. The van der Waals surface area contributed by atoms with Gasteiger partial charge in [0.15, 0.2) is 17.9 Å². The van der Waals surface area contributed by atoms with Crippen LogP contribution < -0.4 is 16.0 Å². The van der Waals surface area contributed by atoms with Crippen LogP contribution in [0.3, 0.4) is 0 Å². The largest absolute Gasteiger partial charge is 0.490 e. The number of anilines is 3. The van der Waals surface area contributed by atoms with Crippen molar-refractivity contribution < 1.29 is 66.5 Å². The molecule has 3 heterocycles. The second-order valence-electron chi connectivity index (χ2n) is 6.32. The summed E-state index contributed by atoms with van der Waals surface area (Å²) in [5.74, 6) is -0.0245. The van der Waals surface area contributed by atoms with Gasteiger partial charge in [-0.05, 0) is 0 Å². The van der Waals surface area contributed by atoms with E-state index in [2.05, 4.69) is 28.4 Å². The SMILES string of the molecule is Nc1ncnc2c1N[C@@H](O)N2[C@@H]1O[C@H](COP(=O)(O)OP(=O)(O)OP(=O)(O)O)[C@@H](O)[C@H]1O. The van der Waals surface area contributed by atoms with Gasteiger partial charge in [0.2, 0.25) is 6.35 Å². The molecule has 1 aromatic rings. The number of nitrogen functional groups attached to an aromatic ring is 1. The normalized spacial score (nSPS) is 31.6. The standard InChI is InChI=1S/C10H18N5O14P3/c11-7-4-8(13-2-12-7)15(10(18)14-4)9-6(17)5(16)3(27-9)1-26-31(22,23)29-32(24,25)28-30(19,20)21/h2-3,5-6,9-10,14,16-18H,1H2,(H,22,23)(H,24,25)(H2,11,12,13)(H2,19,20,21)/t3-,5-,6-,9-,10-/m1/s1. The number of phosphoric acid groups is 3. The van der Waals surface area contributed by atoms with Crippen molar-refractivity contribution >= 4 is 40.8 Å². The third-order valence-corrected chi connectivity index (χ3v) is 7.87. The Morgan fingerprint density at radius 3 is 2.34 bits per heavy atom. The predicted octanol–water partition coefficient (Wildman–Crippen LogP) is -2.64. The summed E-state index contributed by atoms with van der Waals surface area (Å²) in [6.07, 6.45) is -6.96. The van der Waals surface area contributed by atoms with Crippen molar-refractivity contribution in [2.24, 2.45) is 0 Å². The third kappa shape index (κ3) is 5.61. The Morgan fingerprint density at radius 2 is 1.72 bits per heavy atom. The van der Waals surface area contributed by atoms with Crippen LogP contribution in [0.4, 0.5) is 17.3 Å². The molecule has 10 N–H and O–H groups in total. The second-order valence-corrected chi connectivity index (χ2v) is 10.7. The predicted molar refractivity (Wildman–Crippen MR) is 99.0 cm³/mol. The van der Waals surface area contributed by atoms with E-state index in [1.165, 1.54) is 0 Å². The Kier molecular flexibility index (Phi) is 6.99. The van der Waals surface area contributed by atoms with Gasteiger partial charge in [0.05, 0.1) is 6.61 Å². The Bertz CT molecular complexity index is 1010. The number of aliphatic hydroxyl groups excluding tert-OH is 3. The number of aliphatic hydroxyl groups is 3. The highest BCUT2D eigenvalue weighted by Gasteiger charge is 2.51. The molecular formula is C10H18N5O14P3. The Labute approximate surface area is 177 Å². The van der Waals surface area contributed by atoms with Crippen LogP contribution >= 0.6 is 23.5 Å². The molecule has 0 saturated carbocycles. The average molecular weight is 525 g/mol. The van der Waals surface area contributed by atoms with Crippen molar-refractivity contribution in [3.8, 4) is 0 Å². The molecule has 0 spiro atoms. The summed E-state index contributed by atoms with van der Waals surface area (Å²) in [5, 5.41) is 33.2. The minimum absolute atomic E-state index is 0.00906. The van der Waals surface area contributed by atoms with E-state index in [4.69, 9.17) is 25.2 Å². The lowest BCUT2D eigenvalue weighted by Crippen LogP contribution is -2.49. The van der Waals surface area contributed by atoms with Gasteiger partial charge in [-0.15, -0.1) is 0 Å². The minimum Gasteiger partial charge on any atom is -0.387 e. The van der Waals surface area contributed by atoms with E-state index in [9.17, 15) is 33.9 Å². The zero-order valence-electron chi connectivity index (χ0n) is 15.4. The first-order chi connectivity index (χ1) is 14.6. The number of ether oxygens (including phenoxy) is 1. The highest BCUT2D eigenvalue weighted by atomic mass is 31.3. The first-order valence-corrected chi connectivity index (χ1v) is 12.8. The van der Waals surface area contributed by atoms with Gasteiger partial charge in [0, 0.05) is 0 Å². The number of fused-ring (bicyclic) bond motifs is 1. The van der Waals surface area contributed by atoms with E-state index in [1.54, 1.807) is 0 Å². The van der Waals surface area contributed by atoms with Crippen molar-refractivity contribution in [2.75, 3.05) is 22.6 Å². The number of nitrogens with zero attached hydrogens (tertiary/aromatic N) is 3. The monoisotopic (exact) mass is 525 g/mol. The Balaban J connectivity index is 1.68. The maximum absolute atomic E-state index is 11.8. The van der Waals surface area contributed by atoms with Crippen LogP contribution in [0, 0.1) is 0 Å². The molecule has 0 aromatic carbocycles. The fourth-order valence-corrected chi connectivity index (χ4v) is 5.90. The molecule has 1 saturated heterocycles. The topological polar surface area (TPSA) is 297 Å². The number of aromatic nitrogens is 2. The first-order valence-electron chi connectivity index (χ1n) is 8.23. The molecule has 32 heavy (non-hydrogen) atoms. The molecule has 2 aliphatic heterocycles. The fourth-order valence-electron chi connectivity index (χ4n) is 2.87. The molecule has 0 radical (unpaired) electrons. The van der Waals surface area contributed by atoms with Gasteiger partial charge in [0.1, 0.15) is 30.3 Å². The molecular weight excluding hydrogens is 507 g/mol. The highest BCUT2D eigenvalue weighted by molar-refractivity contribution is 7.66. The summed E-state index contributed by atoms with van der Waals surface area (Å²) in [6, 6.07) is 0. The maximum atomic E-state index is 11.8. The van der Waals surface area contributed by atoms with Gasteiger partial charge in [0.25, 0.3) is 0 Å². The summed E-state index contributed by atoms with van der Waals surface area (Å²) < 4.78 is 50.6. The number of hydrogen-bond acceptors (Lipinski definition) is 15. The Hall–Kier alpha value is -1.27. The summed E-state index contributed by atoms with van der Waals surface area (Å²) in [6.45, 7) is -1.02. The smallest absolute Gasteiger partial charge is 0.387 e. The van der Waals surface area contributed by atoms with Crippen LogP contribution in [0.15, 0.2) is 6.33 Å².